The molecule has 0 bridgehead atoms. The predicted octanol–water partition coefficient (Wildman–Crippen LogP) is 2.66. The molecule has 102 valence electrons. The summed E-state index contributed by atoms with van der Waals surface area (Å²) in [6.07, 6.45) is 2.25. The molecule has 0 saturated carbocycles. The van der Waals surface area contributed by atoms with Crippen LogP contribution < -0.4 is 0 Å². The fourth-order valence-electron chi connectivity index (χ4n) is 1.72. The minimum Gasteiger partial charge on any atom is -0.462 e. The second-order valence-corrected chi connectivity index (χ2v) is 5.12. The van der Waals surface area contributed by atoms with Gasteiger partial charge in [0.2, 0.25) is 0 Å². The molecule has 0 radical (unpaired) electrons. The van der Waals surface area contributed by atoms with E-state index >= 15 is 0 Å². The first kappa shape index (κ1) is 13.9. The molecule has 0 N–H and O–H groups in total. The number of aryl methyl sites for hydroxylation is 1. The van der Waals surface area contributed by atoms with Crippen LogP contribution in [0, 0.1) is 6.92 Å². The van der Waals surface area contributed by atoms with Gasteiger partial charge in [0.05, 0.1) is 4.91 Å². The second-order valence-electron chi connectivity index (χ2n) is 4.13. The number of amides is 2. The van der Waals surface area contributed by atoms with Gasteiger partial charge in [0.25, 0.3) is 11.1 Å². The quantitative estimate of drug-likeness (QED) is 0.613. The molecule has 2 amide bonds. The van der Waals surface area contributed by atoms with E-state index in [1.165, 1.54) is 4.90 Å². The molecule has 0 atom stereocenters. The van der Waals surface area contributed by atoms with E-state index in [0.29, 0.717) is 30.2 Å². The third-order valence-corrected chi connectivity index (χ3v) is 3.55. The van der Waals surface area contributed by atoms with Crippen molar-refractivity contribution in [3.05, 3.63) is 28.6 Å². The summed E-state index contributed by atoms with van der Waals surface area (Å²) in [7, 11) is 1.59. The number of ether oxygens (including phenoxy) is 1. The highest BCUT2D eigenvalue weighted by atomic mass is 32.2. The first-order valence-electron chi connectivity index (χ1n) is 5.92. The number of carbonyl (C=O) groups is 2. The molecule has 1 aliphatic heterocycles. The lowest BCUT2D eigenvalue weighted by molar-refractivity contribution is -0.122. The Kier molecular flexibility index (Phi) is 4.44. The summed E-state index contributed by atoms with van der Waals surface area (Å²) >= 11 is 0.942. The van der Waals surface area contributed by atoms with Gasteiger partial charge in [0.15, 0.2) is 0 Å². The van der Waals surface area contributed by atoms with Crippen molar-refractivity contribution < 1.29 is 18.7 Å². The Morgan fingerprint density at radius 3 is 2.84 bits per heavy atom. The van der Waals surface area contributed by atoms with Gasteiger partial charge < -0.3 is 9.15 Å². The highest BCUT2D eigenvalue weighted by Gasteiger charge is 2.34. The largest absolute Gasteiger partial charge is 0.462 e. The number of carbonyl (C=O) groups excluding carboxylic acids is 2. The number of hydrogen-bond acceptors (Lipinski definition) is 5. The van der Waals surface area contributed by atoms with Gasteiger partial charge in [-0.1, -0.05) is 0 Å². The van der Waals surface area contributed by atoms with Gasteiger partial charge >= 0.3 is 0 Å². The lowest BCUT2D eigenvalue weighted by Crippen LogP contribution is -2.29. The lowest BCUT2D eigenvalue weighted by Gasteiger charge is -2.11. The summed E-state index contributed by atoms with van der Waals surface area (Å²) in [6.45, 7) is 2.74. The van der Waals surface area contributed by atoms with E-state index in [9.17, 15) is 9.59 Å². The number of hydrogen-bond donors (Lipinski definition) is 0. The summed E-state index contributed by atoms with van der Waals surface area (Å²) in [5, 5.41) is -0.240. The standard InChI is InChI=1S/C13H15NO4S/c1-9-4-5-10(18-9)8-11-12(15)14(13(16)19-11)6-3-7-17-2/h4-5,8H,3,6-7H2,1-2H3/b11-8+. The third kappa shape index (κ3) is 3.27. The molecule has 0 aromatic carbocycles. The molecule has 1 aliphatic rings. The number of imide groups is 1. The smallest absolute Gasteiger partial charge is 0.293 e. The molecule has 2 heterocycles. The SMILES string of the molecule is COCCCN1C(=O)S/C(=C/c2ccc(C)o2)C1=O. The van der Waals surface area contributed by atoms with Crippen LogP contribution in [0.4, 0.5) is 4.79 Å². The van der Waals surface area contributed by atoms with E-state index in [0.717, 1.165) is 17.5 Å². The monoisotopic (exact) mass is 281 g/mol. The molecule has 1 saturated heterocycles. The van der Waals surface area contributed by atoms with Crippen molar-refractivity contribution in [2.75, 3.05) is 20.3 Å². The van der Waals surface area contributed by atoms with Gasteiger partial charge in [-0.25, -0.2) is 0 Å². The van der Waals surface area contributed by atoms with Crippen LogP contribution in [0.3, 0.4) is 0 Å². The van der Waals surface area contributed by atoms with E-state index in [-0.39, 0.29) is 11.1 Å². The molecule has 1 fully saturated rings. The van der Waals surface area contributed by atoms with Crippen LogP contribution >= 0.6 is 11.8 Å². The topological polar surface area (TPSA) is 59.8 Å². The molecule has 1 aromatic heterocycles. The Balaban J connectivity index is 2.07. The molecule has 5 nitrogen and oxygen atoms in total. The van der Waals surface area contributed by atoms with Gasteiger partial charge in [0.1, 0.15) is 11.5 Å². The zero-order chi connectivity index (χ0) is 13.8. The Bertz CT molecular complexity index is 520. The number of rotatable bonds is 5. The Labute approximate surface area is 115 Å². The lowest BCUT2D eigenvalue weighted by atomic mass is 10.3. The maximum atomic E-state index is 12.1. The van der Waals surface area contributed by atoms with Gasteiger partial charge in [-0.3, -0.25) is 14.5 Å². The van der Waals surface area contributed by atoms with Crippen molar-refractivity contribution in [3.8, 4) is 0 Å². The number of methoxy groups -OCH3 is 1. The molecule has 6 heteroatoms. The second kappa shape index (κ2) is 6.08. The highest BCUT2D eigenvalue weighted by Crippen LogP contribution is 2.32. The van der Waals surface area contributed by atoms with Crippen molar-refractivity contribution in [1.82, 2.24) is 4.90 Å². The molecular formula is C13H15NO4S. The van der Waals surface area contributed by atoms with Crippen molar-refractivity contribution >= 4 is 29.0 Å². The summed E-state index contributed by atoms with van der Waals surface area (Å²) in [6, 6.07) is 3.59. The molecule has 0 aliphatic carbocycles. The number of thioether (sulfide) groups is 1. The molecular weight excluding hydrogens is 266 g/mol. The van der Waals surface area contributed by atoms with E-state index < -0.39 is 0 Å². The van der Waals surface area contributed by atoms with Gasteiger partial charge in [0, 0.05) is 26.3 Å². The predicted molar refractivity (Wildman–Crippen MR) is 72.6 cm³/mol. The number of nitrogens with zero attached hydrogens (tertiary/aromatic N) is 1. The fourth-order valence-corrected chi connectivity index (χ4v) is 2.57. The van der Waals surface area contributed by atoms with Gasteiger partial charge in [-0.05, 0) is 37.2 Å². The van der Waals surface area contributed by atoms with Crippen molar-refractivity contribution in [3.63, 3.8) is 0 Å². The van der Waals surface area contributed by atoms with Gasteiger partial charge in [-0.15, -0.1) is 0 Å². The van der Waals surface area contributed by atoms with E-state index in [4.69, 9.17) is 9.15 Å². The maximum Gasteiger partial charge on any atom is 0.293 e. The Hall–Kier alpha value is -1.53. The number of furan rings is 1. The van der Waals surface area contributed by atoms with Crippen molar-refractivity contribution in [1.29, 1.82) is 0 Å². The van der Waals surface area contributed by atoms with Crippen LogP contribution in [0.1, 0.15) is 17.9 Å². The minimum absolute atomic E-state index is 0.240. The first-order chi connectivity index (χ1) is 9.11. The van der Waals surface area contributed by atoms with E-state index in [1.807, 2.05) is 13.0 Å². The van der Waals surface area contributed by atoms with Crippen LogP contribution in [0.25, 0.3) is 6.08 Å². The van der Waals surface area contributed by atoms with Crippen LogP contribution in [-0.4, -0.2) is 36.3 Å². The Morgan fingerprint density at radius 1 is 1.42 bits per heavy atom. The van der Waals surface area contributed by atoms with Crippen LogP contribution in [-0.2, 0) is 9.53 Å². The maximum absolute atomic E-state index is 12.1. The van der Waals surface area contributed by atoms with Crippen LogP contribution in [0.5, 0.6) is 0 Å². The van der Waals surface area contributed by atoms with Crippen molar-refractivity contribution in [2.24, 2.45) is 0 Å². The molecule has 0 unspecified atom stereocenters. The van der Waals surface area contributed by atoms with Crippen LogP contribution in [0.2, 0.25) is 0 Å². The average molecular weight is 281 g/mol. The Morgan fingerprint density at radius 2 is 2.21 bits per heavy atom. The zero-order valence-electron chi connectivity index (χ0n) is 10.8. The summed E-state index contributed by atoms with van der Waals surface area (Å²) in [5.41, 5.74) is 0. The average Bonchev–Trinajstić information content (AvgIpc) is 2.88. The first-order valence-corrected chi connectivity index (χ1v) is 6.74. The molecule has 2 rings (SSSR count). The summed E-state index contributed by atoms with van der Waals surface area (Å²) in [4.78, 5) is 25.4. The highest BCUT2D eigenvalue weighted by molar-refractivity contribution is 8.18. The van der Waals surface area contributed by atoms with E-state index in [1.54, 1.807) is 19.3 Å². The van der Waals surface area contributed by atoms with E-state index in [2.05, 4.69) is 0 Å². The normalized spacial score (nSPS) is 17.8. The molecule has 0 spiro atoms. The summed E-state index contributed by atoms with van der Waals surface area (Å²) < 4.78 is 10.3. The van der Waals surface area contributed by atoms with Crippen LogP contribution in [0.15, 0.2) is 21.5 Å². The fraction of sp³-hybridized carbons (Fsp3) is 0.385. The minimum atomic E-state index is -0.264. The third-order valence-electron chi connectivity index (χ3n) is 2.64. The molecule has 19 heavy (non-hydrogen) atoms. The summed E-state index contributed by atoms with van der Waals surface area (Å²) in [5.74, 6) is 1.09. The zero-order valence-corrected chi connectivity index (χ0v) is 11.7. The van der Waals surface area contributed by atoms with Gasteiger partial charge in [-0.2, -0.15) is 0 Å². The van der Waals surface area contributed by atoms with Crippen molar-refractivity contribution in [2.45, 2.75) is 13.3 Å². The molecule has 1 aromatic rings.